The SMILES string of the molecule is CCNCc1cc(=O)[nH]c(-c2ccccc2OC)n1. The Bertz CT molecular complexity index is 608. The Kier molecular flexibility index (Phi) is 4.30. The van der Waals surface area contributed by atoms with Gasteiger partial charge in [-0.2, -0.15) is 0 Å². The van der Waals surface area contributed by atoms with Crippen LogP contribution in [0.25, 0.3) is 11.4 Å². The molecule has 100 valence electrons. The Labute approximate surface area is 111 Å². The lowest BCUT2D eigenvalue weighted by Crippen LogP contribution is -2.17. The molecule has 5 heteroatoms. The van der Waals surface area contributed by atoms with Crippen molar-refractivity contribution in [1.82, 2.24) is 15.3 Å². The van der Waals surface area contributed by atoms with Gasteiger partial charge in [-0.1, -0.05) is 19.1 Å². The van der Waals surface area contributed by atoms with Crippen molar-refractivity contribution in [3.63, 3.8) is 0 Å². The van der Waals surface area contributed by atoms with Crippen molar-refractivity contribution >= 4 is 0 Å². The van der Waals surface area contributed by atoms with E-state index >= 15 is 0 Å². The predicted molar refractivity (Wildman–Crippen MR) is 74.2 cm³/mol. The summed E-state index contributed by atoms with van der Waals surface area (Å²) in [5.74, 6) is 1.21. The van der Waals surface area contributed by atoms with Gasteiger partial charge in [0, 0.05) is 12.6 Å². The van der Waals surface area contributed by atoms with Crippen LogP contribution < -0.4 is 15.6 Å². The molecule has 5 nitrogen and oxygen atoms in total. The highest BCUT2D eigenvalue weighted by molar-refractivity contribution is 5.63. The number of aromatic amines is 1. The van der Waals surface area contributed by atoms with Crippen molar-refractivity contribution in [2.24, 2.45) is 0 Å². The Morgan fingerprint density at radius 2 is 2.16 bits per heavy atom. The van der Waals surface area contributed by atoms with Crippen LogP contribution >= 0.6 is 0 Å². The van der Waals surface area contributed by atoms with E-state index in [1.807, 2.05) is 31.2 Å². The third-order valence-corrected chi connectivity index (χ3v) is 2.71. The molecule has 0 saturated heterocycles. The number of rotatable bonds is 5. The van der Waals surface area contributed by atoms with E-state index < -0.39 is 0 Å². The molecule has 0 spiro atoms. The van der Waals surface area contributed by atoms with Crippen LogP contribution in [0, 0.1) is 0 Å². The summed E-state index contributed by atoms with van der Waals surface area (Å²) in [6.07, 6.45) is 0. The molecular formula is C14H17N3O2. The van der Waals surface area contributed by atoms with E-state index in [1.165, 1.54) is 6.07 Å². The average molecular weight is 259 g/mol. The monoisotopic (exact) mass is 259 g/mol. The van der Waals surface area contributed by atoms with E-state index in [2.05, 4.69) is 15.3 Å². The molecular weight excluding hydrogens is 242 g/mol. The van der Waals surface area contributed by atoms with Crippen LogP contribution in [0.2, 0.25) is 0 Å². The van der Waals surface area contributed by atoms with Gasteiger partial charge in [0.25, 0.3) is 5.56 Å². The minimum absolute atomic E-state index is 0.163. The summed E-state index contributed by atoms with van der Waals surface area (Å²) in [6, 6.07) is 8.97. The maximum atomic E-state index is 11.7. The minimum Gasteiger partial charge on any atom is -0.496 e. The van der Waals surface area contributed by atoms with E-state index in [9.17, 15) is 4.79 Å². The molecule has 2 aromatic rings. The van der Waals surface area contributed by atoms with Gasteiger partial charge in [0.05, 0.1) is 18.4 Å². The second-order valence-corrected chi connectivity index (χ2v) is 4.07. The van der Waals surface area contributed by atoms with E-state index in [1.54, 1.807) is 7.11 Å². The largest absolute Gasteiger partial charge is 0.496 e. The smallest absolute Gasteiger partial charge is 0.251 e. The first kappa shape index (κ1) is 13.3. The zero-order valence-corrected chi connectivity index (χ0v) is 11.1. The zero-order valence-electron chi connectivity index (χ0n) is 11.1. The van der Waals surface area contributed by atoms with Gasteiger partial charge in [-0.05, 0) is 18.7 Å². The fourth-order valence-corrected chi connectivity index (χ4v) is 1.82. The first-order valence-corrected chi connectivity index (χ1v) is 6.19. The molecule has 0 fully saturated rings. The third kappa shape index (κ3) is 3.20. The highest BCUT2D eigenvalue weighted by Gasteiger charge is 2.08. The number of para-hydroxylation sites is 1. The van der Waals surface area contributed by atoms with Gasteiger partial charge in [0.2, 0.25) is 0 Å². The number of benzene rings is 1. The molecule has 1 aromatic carbocycles. The normalized spacial score (nSPS) is 10.4. The van der Waals surface area contributed by atoms with Crippen molar-refractivity contribution in [2.75, 3.05) is 13.7 Å². The highest BCUT2D eigenvalue weighted by Crippen LogP contribution is 2.25. The maximum absolute atomic E-state index is 11.7. The topological polar surface area (TPSA) is 67.0 Å². The lowest BCUT2D eigenvalue weighted by molar-refractivity contribution is 0.416. The number of H-pyrrole nitrogens is 1. The molecule has 0 aliphatic heterocycles. The van der Waals surface area contributed by atoms with E-state index in [0.29, 0.717) is 23.8 Å². The molecule has 0 amide bonds. The number of ether oxygens (including phenoxy) is 1. The quantitative estimate of drug-likeness (QED) is 0.855. The number of nitrogens with zero attached hydrogens (tertiary/aromatic N) is 1. The number of hydrogen-bond acceptors (Lipinski definition) is 4. The van der Waals surface area contributed by atoms with Gasteiger partial charge in [0.1, 0.15) is 11.6 Å². The summed E-state index contributed by atoms with van der Waals surface area (Å²) in [7, 11) is 1.60. The molecule has 2 N–H and O–H groups in total. The van der Waals surface area contributed by atoms with Crippen molar-refractivity contribution in [3.8, 4) is 17.1 Å². The molecule has 1 aromatic heterocycles. The van der Waals surface area contributed by atoms with Crippen LogP contribution in [0.4, 0.5) is 0 Å². The molecule has 0 saturated carbocycles. The summed E-state index contributed by atoms with van der Waals surface area (Å²) in [6.45, 7) is 3.41. The highest BCUT2D eigenvalue weighted by atomic mass is 16.5. The number of hydrogen-bond donors (Lipinski definition) is 2. The van der Waals surface area contributed by atoms with Gasteiger partial charge in [0.15, 0.2) is 0 Å². The van der Waals surface area contributed by atoms with Crippen LogP contribution in [0.3, 0.4) is 0 Å². The Morgan fingerprint density at radius 3 is 2.89 bits per heavy atom. The van der Waals surface area contributed by atoms with Gasteiger partial charge in [-0.15, -0.1) is 0 Å². The minimum atomic E-state index is -0.163. The predicted octanol–water partition coefficient (Wildman–Crippen LogP) is 1.55. The Hall–Kier alpha value is -2.14. The fraction of sp³-hybridized carbons (Fsp3) is 0.286. The second-order valence-electron chi connectivity index (χ2n) is 4.07. The van der Waals surface area contributed by atoms with Crippen LogP contribution in [0.15, 0.2) is 35.1 Å². The van der Waals surface area contributed by atoms with E-state index in [-0.39, 0.29) is 5.56 Å². The summed E-state index contributed by atoms with van der Waals surface area (Å²) in [4.78, 5) is 18.9. The molecule has 0 unspecified atom stereocenters. The number of nitrogens with one attached hydrogen (secondary N) is 2. The third-order valence-electron chi connectivity index (χ3n) is 2.71. The van der Waals surface area contributed by atoms with Crippen LogP contribution in [-0.4, -0.2) is 23.6 Å². The van der Waals surface area contributed by atoms with Crippen molar-refractivity contribution in [3.05, 3.63) is 46.4 Å². The summed E-state index contributed by atoms with van der Waals surface area (Å²) in [5.41, 5.74) is 1.33. The Balaban J connectivity index is 2.44. The van der Waals surface area contributed by atoms with E-state index in [0.717, 1.165) is 12.1 Å². The van der Waals surface area contributed by atoms with Crippen LogP contribution in [0.1, 0.15) is 12.6 Å². The number of aromatic nitrogens is 2. The molecule has 0 radical (unpaired) electrons. The summed E-state index contributed by atoms with van der Waals surface area (Å²) >= 11 is 0. The van der Waals surface area contributed by atoms with Crippen LogP contribution in [0.5, 0.6) is 5.75 Å². The van der Waals surface area contributed by atoms with Crippen LogP contribution in [-0.2, 0) is 6.54 Å². The van der Waals surface area contributed by atoms with Gasteiger partial charge in [-0.25, -0.2) is 4.98 Å². The van der Waals surface area contributed by atoms with Crippen molar-refractivity contribution in [2.45, 2.75) is 13.5 Å². The van der Waals surface area contributed by atoms with Gasteiger partial charge < -0.3 is 15.0 Å². The summed E-state index contributed by atoms with van der Waals surface area (Å²) < 4.78 is 5.28. The molecule has 0 aliphatic carbocycles. The molecule has 1 heterocycles. The van der Waals surface area contributed by atoms with Gasteiger partial charge in [-0.3, -0.25) is 4.79 Å². The van der Waals surface area contributed by atoms with Gasteiger partial charge >= 0.3 is 0 Å². The van der Waals surface area contributed by atoms with E-state index in [4.69, 9.17) is 4.74 Å². The fourth-order valence-electron chi connectivity index (χ4n) is 1.82. The maximum Gasteiger partial charge on any atom is 0.251 e. The average Bonchev–Trinajstić information content (AvgIpc) is 2.44. The number of methoxy groups -OCH3 is 1. The Morgan fingerprint density at radius 1 is 1.37 bits per heavy atom. The second kappa shape index (κ2) is 6.15. The molecule has 0 bridgehead atoms. The molecule has 19 heavy (non-hydrogen) atoms. The first-order valence-electron chi connectivity index (χ1n) is 6.19. The van der Waals surface area contributed by atoms with Crippen molar-refractivity contribution < 1.29 is 4.74 Å². The van der Waals surface area contributed by atoms with Crippen molar-refractivity contribution in [1.29, 1.82) is 0 Å². The zero-order chi connectivity index (χ0) is 13.7. The first-order chi connectivity index (χ1) is 9.24. The molecule has 0 aliphatic rings. The lowest BCUT2D eigenvalue weighted by Gasteiger charge is -2.08. The molecule has 2 rings (SSSR count). The summed E-state index contributed by atoms with van der Waals surface area (Å²) in [5, 5.41) is 3.15. The molecule has 0 atom stereocenters. The standard InChI is InChI=1S/C14H17N3O2/c1-3-15-9-10-8-13(18)17-14(16-10)11-6-4-5-7-12(11)19-2/h4-8,15H,3,9H2,1-2H3,(H,16,17,18). The lowest BCUT2D eigenvalue weighted by atomic mass is 10.2.